The fourth-order valence-electron chi connectivity index (χ4n) is 9.62. The van der Waals surface area contributed by atoms with Crippen LogP contribution in [-0.2, 0) is 23.8 Å². The number of ketones is 1. The van der Waals surface area contributed by atoms with Gasteiger partial charge in [0.2, 0.25) is 0 Å². The molecule has 14 unspecified atom stereocenters. The highest BCUT2D eigenvalue weighted by molar-refractivity contribution is 5.91. The van der Waals surface area contributed by atoms with Crippen LogP contribution >= 0.6 is 0 Å². The van der Waals surface area contributed by atoms with Crippen LogP contribution in [0.5, 0.6) is 0 Å². The SMILES string of the molecule is CCC1OC(=O)CC(O)C(C)C(OC2OC(C)C(O)C(N(C)C)C2O)C(CCN2CC(C)CC(C)C2)CC(C)C(=O)/C=C/C(C)=C/C1CN1CCCCC1. The first-order chi connectivity index (χ1) is 25.6. The summed E-state index contributed by atoms with van der Waals surface area (Å²) >= 11 is 0. The lowest BCUT2D eigenvalue weighted by Gasteiger charge is -2.47. The van der Waals surface area contributed by atoms with E-state index >= 15 is 0 Å². The van der Waals surface area contributed by atoms with Crippen molar-refractivity contribution in [3.63, 3.8) is 0 Å². The van der Waals surface area contributed by atoms with E-state index in [9.17, 15) is 24.9 Å². The summed E-state index contributed by atoms with van der Waals surface area (Å²) in [6, 6.07) is -0.638. The van der Waals surface area contributed by atoms with Crippen LogP contribution in [0.15, 0.2) is 23.8 Å². The Kier molecular flexibility index (Phi) is 17.6. The Bertz CT molecular complexity index is 1230. The number of nitrogens with zero attached hydrogens (tertiary/aromatic N) is 3. The third-order valence-corrected chi connectivity index (χ3v) is 12.6. The third-order valence-electron chi connectivity index (χ3n) is 12.6. The highest BCUT2D eigenvalue weighted by Gasteiger charge is 2.47. The van der Waals surface area contributed by atoms with Crippen LogP contribution in [0.1, 0.15) is 99.8 Å². The molecule has 11 heteroatoms. The Morgan fingerprint density at radius 1 is 0.907 bits per heavy atom. The highest BCUT2D eigenvalue weighted by atomic mass is 16.7. The first-order valence-electron chi connectivity index (χ1n) is 21.1. The van der Waals surface area contributed by atoms with Gasteiger partial charge >= 0.3 is 5.97 Å². The van der Waals surface area contributed by atoms with Crippen molar-refractivity contribution in [1.29, 1.82) is 0 Å². The van der Waals surface area contributed by atoms with Gasteiger partial charge in [0.25, 0.3) is 0 Å². The molecule has 0 amide bonds. The Balaban J connectivity index is 1.70. The second kappa shape index (κ2) is 21.2. The summed E-state index contributed by atoms with van der Waals surface area (Å²) in [5.41, 5.74) is 0.953. The van der Waals surface area contributed by atoms with Crippen LogP contribution in [0.3, 0.4) is 0 Å². The number of likely N-dealkylation sites (N-methyl/N-ethyl adjacent to an activating group) is 1. The highest BCUT2D eigenvalue weighted by Crippen LogP contribution is 2.35. The molecule has 0 radical (unpaired) electrons. The van der Waals surface area contributed by atoms with E-state index < -0.39 is 54.7 Å². The minimum absolute atomic E-state index is 0.0245. The summed E-state index contributed by atoms with van der Waals surface area (Å²) in [6.07, 6.45) is 6.07. The van der Waals surface area contributed by atoms with Crippen molar-refractivity contribution >= 4 is 11.8 Å². The normalized spacial score (nSPS) is 42.0. The number of piperidine rings is 2. The Labute approximate surface area is 326 Å². The summed E-state index contributed by atoms with van der Waals surface area (Å²) < 4.78 is 19.2. The lowest BCUT2D eigenvalue weighted by molar-refractivity contribution is -0.304. The molecule has 3 fully saturated rings. The molecule has 11 nitrogen and oxygen atoms in total. The van der Waals surface area contributed by atoms with Gasteiger partial charge in [-0.15, -0.1) is 0 Å². The number of ether oxygens (including phenoxy) is 3. The van der Waals surface area contributed by atoms with Crippen molar-refractivity contribution in [2.75, 3.05) is 53.4 Å². The maximum Gasteiger partial charge on any atom is 0.308 e. The largest absolute Gasteiger partial charge is 0.462 e. The fourth-order valence-corrected chi connectivity index (χ4v) is 9.62. The van der Waals surface area contributed by atoms with Crippen molar-refractivity contribution < 1.29 is 39.1 Å². The van der Waals surface area contributed by atoms with E-state index in [1.54, 1.807) is 32.0 Å². The number of aliphatic hydroxyl groups excluding tert-OH is 3. The topological polar surface area (TPSA) is 132 Å². The summed E-state index contributed by atoms with van der Waals surface area (Å²) in [6.45, 7) is 19.8. The zero-order valence-corrected chi connectivity index (χ0v) is 34.9. The summed E-state index contributed by atoms with van der Waals surface area (Å²) in [5.74, 6) is -0.462. The van der Waals surface area contributed by atoms with E-state index in [0.29, 0.717) is 31.1 Å². The maximum absolute atomic E-state index is 13.9. The molecule has 0 bridgehead atoms. The van der Waals surface area contributed by atoms with E-state index in [1.165, 1.54) is 12.8 Å². The molecular formula is C43H75N3O8. The summed E-state index contributed by atoms with van der Waals surface area (Å²) in [7, 11) is 3.61. The van der Waals surface area contributed by atoms with Crippen molar-refractivity contribution in [3.05, 3.63) is 23.8 Å². The van der Waals surface area contributed by atoms with E-state index in [0.717, 1.165) is 57.7 Å². The van der Waals surface area contributed by atoms with Crippen LogP contribution < -0.4 is 0 Å². The van der Waals surface area contributed by atoms with Gasteiger partial charge in [0.15, 0.2) is 12.1 Å². The molecule has 4 heterocycles. The van der Waals surface area contributed by atoms with Gasteiger partial charge < -0.3 is 44.2 Å². The van der Waals surface area contributed by atoms with Gasteiger partial charge in [0.1, 0.15) is 12.2 Å². The molecule has 3 saturated heterocycles. The zero-order chi connectivity index (χ0) is 39.7. The van der Waals surface area contributed by atoms with E-state index in [2.05, 4.69) is 29.7 Å². The number of rotatable bonds is 9. The number of aliphatic hydroxyl groups is 3. The van der Waals surface area contributed by atoms with Crippen LogP contribution in [0.2, 0.25) is 0 Å². The van der Waals surface area contributed by atoms with E-state index in [4.69, 9.17) is 14.2 Å². The van der Waals surface area contributed by atoms with Crippen LogP contribution in [0, 0.1) is 35.5 Å². The Hall–Kier alpha value is -1.70. The molecule has 4 aliphatic heterocycles. The van der Waals surface area contributed by atoms with Gasteiger partial charge in [-0.05, 0) is 110 Å². The van der Waals surface area contributed by atoms with Crippen molar-refractivity contribution in [3.8, 4) is 0 Å². The smallest absolute Gasteiger partial charge is 0.308 e. The fraction of sp³-hybridized carbons (Fsp3) is 0.860. The van der Waals surface area contributed by atoms with E-state index in [1.807, 2.05) is 33.8 Å². The minimum atomic E-state index is -1.18. The first kappa shape index (κ1) is 45.0. The number of esters is 1. The number of hydrogen-bond donors (Lipinski definition) is 3. The summed E-state index contributed by atoms with van der Waals surface area (Å²) in [4.78, 5) is 34.3. The molecule has 4 rings (SSSR count). The average molecular weight is 762 g/mol. The molecule has 14 atom stereocenters. The quantitative estimate of drug-likeness (QED) is 0.283. The molecule has 0 aromatic rings. The Morgan fingerprint density at radius 2 is 1.57 bits per heavy atom. The molecule has 310 valence electrons. The van der Waals surface area contributed by atoms with Crippen LogP contribution in [0.4, 0.5) is 0 Å². The lowest BCUT2D eigenvalue weighted by Crippen LogP contribution is -2.63. The van der Waals surface area contributed by atoms with Crippen molar-refractivity contribution in [2.45, 2.75) is 149 Å². The van der Waals surface area contributed by atoms with Crippen molar-refractivity contribution in [1.82, 2.24) is 14.7 Å². The van der Waals surface area contributed by atoms with Gasteiger partial charge in [-0.1, -0.05) is 58.8 Å². The van der Waals surface area contributed by atoms with Gasteiger partial charge in [-0.25, -0.2) is 0 Å². The zero-order valence-electron chi connectivity index (χ0n) is 34.9. The number of cyclic esters (lactones) is 1. The van der Waals surface area contributed by atoms with Gasteiger partial charge in [0.05, 0.1) is 36.9 Å². The molecule has 0 aromatic heterocycles. The van der Waals surface area contributed by atoms with Gasteiger partial charge in [0, 0.05) is 37.4 Å². The monoisotopic (exact) mass is 762 g/mol. The van der Waals surface area contributed by atoms with Crippen molar-refractivity contribution in [2.24, 2.45) is 35.5 Å². The number of likely N-dealkylation sites (tertiary alicyclic amines) is 2. The number of hydrogen-bond acceptors (Lipinski definition) is 11. The molecule has 54 heavy (non-hydrogen) atoms. The summed E-state index contributed by atoms with van der Waals surface area (Å²) in [5, 5.41) is 34.4. The molecule has 3 N–H and O–H groups in total. The molecule has 0 saturated carbocycles. The average Bonchev–Trinajstić information content (AvgIpc) is 3.11. The third kappa shape index (κ3) is 12.7. The predicted octanol–water partition coefficient (Wildman–Crippen LogP) is 4.68. The number of carbonyl (C=O) groups excluding carboxylic acids is 2. The second-order valence-corrected chi connectivity index (χ2v) is 17.9. The predicted molar refractivity (Wildman–Crippen MR) is 212 cm³/mol. The standard InChI is InChI=1S/C43H75N3O8/c1-10-37-34(26-45-17-12-11-13-18-45)21-27(2)14-15-35(47)30(5)22-33(16-19-46-24-28(3)20-29(4)25-46)42(31(6)36(48)23-38(49)53-37)54-43-41(51)39(44(8)9)40(50)32(7)52-43/h14-15,21,28-34,36-37,39-43,48,50-51H,10-13,16-20,22-26H2,1-9H3/b15-14+,27-21+. The lowest BCUT2D eigenvalue weighted by atomic mass is 9.79. The molecular weight excluding hydrogens is 686 g/mol. The van der Waals surface area contributed by atoms with Crippen LogP contribution in [-0.4, -0.2) is 144 Å². The van der Waals surface area contributed by atoms with Crippen LogP contribution in [0.25, 0.3) is 0 Å². The first-order valence-corrected chi connectivity index (χ1v) is 21.1. The Morgan fingerprint density at radius 3 is 2.20 bits per heavy atom. The number of carbonyl (C=O) groups is 2. The maximum atomic E-state index is 13.9. The van der Waals surface area contributed by atoms with Gasteiger partial charge in [-0.2, -0.15) is 0 Å². The molecule has 0 aliphatic carbocycles. The molecule has 0 aromatic carbocycles. The number of allylic oxidation sites excluding steroid dienone is 3. The molecule has 0 spiro atoms. The molecule has 4 aliphatic rings. The second-order valence-electron chi connectivity index (χ2n) is 17.9. The minimum Gasteiger partial charge on any atom is -0.462 e. The van der Waals surface area contributed by atoms with E-state index in [-0.39, 0.29) is 36.1 Å². The van der Waals surface area contributed by atoms with Gasteiger partial charge in [-0.3, -0.25) is 9.59 Å².